The number of hydrogen-bond donors (Lipinski definition) is 1. The fourth-order valence-electron chi connectivity index (χ4n) is 2.28. The molecule has 2 aliphatic heterocycles. The largest absolute Gasteiger partial charge is 0.354 e. The topological polar surface area (TPSA) is 41.6 Å². The fraction of sp³-hybridized carbons (Fsp3) is 0.889. The molecular formula is C9H16N2O2. The van der Waals surface area contributed by atoms with Gasteiger partial charge in [0, 0.05) is 26.3 Å². The van der Waals surface area contributed by atoms with Crippen molar-refractivity contribution in [3.63, 3.8) is 0 Å². The first kappa shape index (κ1) is 8.97. The van der Waals surface area contributed by atoms with E-state index in [1.165, 1.54) is 0 Å². The summed E-state index contributed by atoms with van der Waals surface area (Å²) in [6, 6.07) is 0. The molecule has 4 nitrogen and oxygen atoms in total. The number of amides is 1. The first-order valence-electron chi connectivity index (χ1n) is 4.87. The summed E-state index contributed by atoms with van der Waals surface area (Å²) >= 11 is 0. The van der Waals surface area contributed by atoms with Crippen molar-refractivity contribution < 1.29 is 9.53 Å². The Kier molecular flexibility index (Phi) is 2.26. The zero-order chi connectivity index (χ0) is 9.31. The lowest BCUT2D eigenvalue weighted by atomic mass is 10.0. The van der Waals surface area contributed by atoms with Gasteiger partial charge in [0.15, 0.2) is 0 Å². The highest BCUT2D eigenvalue weighted by Gasteiger charge is 2.44. The maximum absolute atomic E-state index is 11.3. The highest BCUT2D eigenvalue weighted by atomic mass is 16.5. The monoisotopic (exact) mass is 184 g/mol. The van der Waals surface area contributed by atoms with Crippen LogP contribution in [0.1, 0.15) is 19.8 Å². The van der Waals surface area contributed by atoms with Crippen molar-refractivity contribution in [3.05, 3.63) is 0 Å². The van der Waals surface area contributed by atoms with Crippen molar-refractivity contribution in [1.29, 1.82) is 0 Å². The van der Waals surface area contributed by atoms with Crippen LogP contribution in [0, 0.1) is 0 Å². The van der Waals surface area contributed by atoms with E-state index in [-0.39, 0.29) is 11.6 Å². The van der Waals surface area contributed by atoms with Crippen LogP contribution in [-0.2, 0) is 9.53 Å². The van der Waals surface area contributed by atoms with E-state index >= 15 is 0 Å². The summed E-state index contributed by atoms with van der Waals surface area (Å²) < 4.78 is 5.72. The molecule has 4 heteroatoms. The highest BCUT2D eigenvalue weighted by molar-refractivity contribution is 5.74. The van der Waals surface area contributed by atoms with Crippen LogP contribution in [0.5, 0.6) is 0 Å². The van der Waals surface area contributed by atoms with Crippen LogP contribution < -0.4 is 5.32 Å². The van der Waals surface area contributed by atoms with E-state index in [2.05, 4.69) is 5.32 Å². The Morgan fingerprint density at radius 3 is 2.77 bits per heavy atom. The maximum atomic E-state index is 11.3. The van der Waals surface area contributed by atoms with Crippen LogP contribution in [0.3, 0.4) is 0 Å². The van der Waals surface area contributed by atoms with E-state index in [0.29, 0.717) is 6.61 Å². The van der Waals surface area contributed by atoms with E-state index in [1.807, 2.05) is 4.90 Å². The Balaban J connectivity index is 2.13. The number of carbonyl (C=O) groups is 1. The van der Waals surface area contributed by atoms with Crippen LogP contribution in [0.15, 0.2) is 0 Å². The summed E-state index contributed by atoms with van der Waals surface area (Å²) in [6.45, 7) is 4.97. The smallest absolute Gasteiger partial charge is 0.221 e. The number of nitrogens with zero attached hydrogens (tertiary/aromatic N) is 1. The molecule has 0 bridgehead atoms. The second-order valence-corrected chi connectivity index (χ2v) is 3.72. The van der Waals surface area contributed by atoms with Gasteiger partial charge in [0.25, 0.3) is 0 Å². The van der Waals surface area contributed by atoms with Crippen molar-refractivity contribution in [3.8, 4) is 0 Å². The molecule has 2 saturated heterocycles. The molecule has 2 aliphatic rings. The van der Waals surface area contributed by atoms with Crippen molar-refractivity contribution in [2.45, 2.75) is 25.5 Å². The standard InChI is InChI=1S/C9H16N2O2/c1-8(12)11-6-7-13-9(11)2-4-10-5-3-9/h10H,2-7H2,1H3. The average Bonchev–Trinajstić information content (AvgIpc) is 2.50. The minimum absolute atomic E-state index is 0.138. The number of carbonyl (C=O) groups excluding carboxylic acids is 1. The zero-order valence-electron chi connectivity index (χ0n) is 8.01. The van der Waals surface area contributed by atoms with Crippen molar-refractivity contribution in [2.24, 2.45) is 0 Å². The third kappa shape index (κ3) is 1.44. The van der Waals surface area contributed by atoms with Crippen LogP contribution in [-0.4, -0.2) is 42.8 Å². The van der Waals surface area contributed by atoms with Crippen molar-refractivity contribution >= 4 is 5.91 Å². The van der Waals surface area contributed by atoms with Gasteiger partial charge in [-0.15, -0.1) is 0 Å². The molecule has 2 heterocycles. The number of ether oxygens (including phenoxy) is 1. The molecule has 1 spiro atoms. The van der Waals surface area contributed by atoms with Gasteiger partial charge in [0.1, 0.15) is 5.72 Å². The number of rotatable bonds is 0. The van der Waals surface area contributed by atoms with Crippen molar-refractivity contribution in [1.82, 2.24) is 10.2 Å². The predicted octanol–water partition coefficient (Wildman–Crippen LogP) is -0.0552. The molecule has 0 saturated carbocycles. The van der Waals surface area contributed by atoms with Gasteiger partial charge >= 0.3 is 0 Å². The van der Waals surface area contributed by atoms with Gasteiger partial charge < -0.3 is 15.0 Å². The van der Waals surface area contributed by atoms with Gasteiger partial charge in [-0.1, -0.05) is 0 Å². The van der Waals surface area contributed by atoms with Gasteiger partial charge in [0.05, 0.1) is 6.61 Å². The normalized spacial score (nSPS) is 26.7. The molecule has 0 atom stereocenters. The second-order valence-electron chi connectivity index (χ2n) is 3.72. The van der Waals surface area contributed by atoms with Crippen molar-refractivity contribution in [2.75, 3.05) is 26.2 Å². The van der Waals surface area contributed by atoms with Gasteiger partial charge in [-0.05, 0) is 13.1 Å². The molecule has 0 aromatic heterocycles. The molecule has 0 radical (unpaired) electrons. The van der Waals surface area contributed by atoms with Gasteiger partial charge in [-0.2, -0.15) is 0 Å². The SMILES string of the molecule is CC(=O)N1CCOC12CCNCC2. The van der Waals surface area contributed by atoms with E-state index in [4.69, 9.17) is 4.74 Å². The quantitative estimate of drug-likeness (QED) is 0.573. The summed E-state index contributed by atoms with van der Waals surface area (Å²) in [6.07, 6.45) is 1.85. The summed E-state index contributed by atoms with van der Waals surface area (Å²) in [7, 11) is 0. The van der Waals surface area contributed by atoms with E-state index in [1.54, 1.807) is 6.92 Å². The lowest BCUT2D eigenvalue weighted by Gasteiger charge is -2.39. The molecule has 2 rings (SSSR count). The molecule has 0 aliphatic carbocycles. The molecule has 0 aromatic rings. The number of hydrogen-bond acceptors (Lipinski definition) is 3. The van der Waals surface area contributed by atoms with Crippen LogP contribution in [0.2, 0.25) is 0 Å². The Labute approximate surface area is 78.2 Å². The Morgan fingerprint density at radius 1 is 1.46 bits per heavy atom. The third-order valence-electron chi connectivity index (χ3n) is 2.94. The summed E-state index contributed by atoms with van der Waals surface area (Å²) in [4.78, 5) is 13.2. The Hall–Kier alpha value is -0.610. The highest BCUT2D eigenvalue weighted by Crippen LogP contribution is 2.31. The summed E-state index contributed by atoms with van der Waals surface area (Å²) in [5.41, 5.74) is -0.267. The zero-order valence-corrected chi connectivity index (χ0v) is 8.01. The van der Waals surface area contributed by atoms with Gasteiger partial charge in [0.2, 0.25) is 5.91 Å². The van der Waals surface area contributed by atoms with Crippen LogP contribution in [0.4, 0.5) is 0 Å². The number of piperidine rings is 1. The minimum atomic E-state index is -0.267. The first-order chi connectivity index (χ1) is 6.25. The van der Waals surface area contributed by atoms with Gasteiger partial charge in [-0.3, -0.25) is 4.79 Å². The summed E-state index contributed by atoms with van der Waals surface area (Å²) in [5, 5.41) is 3.28. The molecule has 0 unspecified atom stereocenters. The molecule has 2 fully saturated rings. The van der Waals surface area contributed by atoms with E-state index in [0.717, 1.165) is 32.5 Å². The third-order valence-corrected chi connectivity index (χ3v) is 2.94. The molecule has 0 aromatic carbocycles. The van der Waals surface area contributed by atoms with Crippen LogP contribution >= 0.6 is 0 Å². The van der Waals surface area contributed by atoms with E-state index < -0.39 is 0 Å². The van der Waals surface area contributed by atoms with E-state index in [9.17, 15) is 4.79 Å². The average molecular weight is 184 g/mol. The number of nitrogens with one attached hydrogen (secondary N) is 1. The predicted molar refractivity (Wildman–Crippen MR) is 48.2 cm³/mol. The summed E-state index contributed by atoms with van der Waals surface area (Å²) in [5.74, 6) is 0.138. The minimum Gasteiger partial charge on any atom is -0.354 e. The molecule has 1 N–H and O–H groups in total. The second kappa shape index (κ2) is 3.27. The van der Waals surface area contributed by atoms with Crippen LogP contribution in [0.25, 0.3) is 0 Å². The Bertz CT molecular complexity index is 212. The molecular weight excluding hydrogens is 168 g/mol. The van der Waals surface area contributed by atoms with Gasteiger partial charge in [-0.25, -0.2) is 0 Å². The molecule has 74 valence electrons. The maximum Gasteiger partial charge on any atom is 0.221 e. The Morgan fingerprint density at radius 2 is 2.15 bits per heavy atom. The lowest BCUT2D eigenvalue weighted by Crippen LogP contribution is -2.53. The molecule has 1 amide bonds. The fourth-order valence-corrected chi connectivity index (χ4v) is 2.28. The molecule has 13 heavy (non-hydrogen) atoms. The lowest BCUT2D eigenvalue weighted by molar-refractivity contribution is -0.151. The first-order valence-corrected chi connectivity index (χ1v) is 4.87.